The third-order valence-corrected chi connectivity index (χ3v) is 6.82. The molecule has 0 bridgehead atoms. The van der Waals surface area contributed by atoms with Gasteiger partial charge in [0.25, 0.3) is 0 Å². The van der Waals surface area contributed by atoms with Gasteiger partial charge in [-0.3, -0.25) is 0 Å². The largest absolute Gasteiger partial charge is 0.378 e. The van der Waals surface area contributed by atoms with Gasteiger partial charge in [0.05, 0.1) is 12.7 Å². The Balaban J connectivity index is 1.42. The normalized spacial score (nSPS) is 30.3. The zero-order valence-electron chi connectivity index (χ0n) is 16.5. The first-order chi connectivity index (χ1) is 12.3. The van der Waals surface area contributed by atoms with E-state index in [1.165, 1.54) is 81.8 Å². The monoisotopic (exact) mass is 342 g/mol. The molecule has 1 aliphatic heterocycles. The zero-order valence-corrected chi connectivity index (χ0v) is 16.5. The first kappa shape index (κ1) is 19.0. The molecule has 1 saturated carbocycles. The maximum atomic E-state index is 6.06. The number of ether oxygens (including phenoxy) is 1. The van der Waals surface area contributed by atoms with E-state index in [1.807, 2.05) is 0 Å². The Kier molecular flexibility index (Phi) is 7.40. The summed E-state index contributed by atoms with van der Waals surface area (Å²) < 4.78 is 6.06. The molecule has 1 saturated heterocycles. The maximum absolute atomic E-state index is 6.06. The molecule has 2 fully saturated rings. The van der Waals surface area contributed by atoms with Crippen LogP contribution >= 0.6 is 0 Å². The second kappa shape index (κ2) is 9.76. The summed E-state index contributed by atoms with van der Waals surface area (Å²) in [6.45, 7) is 5.53. The summed E-state index contributed by atoms with van der Waals surface area (Å²) >= 11 is 0. The van der Waals surface area contributed by atoms with E-state index in [1.54, 1.807) is 0 Å². The van der Waals surface area contributed by atoms with Gasteiger partial charge in [-0.15, -0.1) is 0 Å². The number of rotatable bonds is 7. The SMILES string of the molecule is CCCC1CCC(c2ccc(CCC3CCC(CC)CC3)cc2)CO1. The van der Waals surface area contributed by atoms with Crippen molar-refractivity contribution < 1.29 is 4.74 Å². The number of hydrogen-bond donors (Lipinski definition) is 0. The van der Waals surface area contributed by atoms with Gasteiger partial charge in [-0.25, -0.2) is 0 Å². The Morgan fingerprint density at radius 1 is 0.840 bits per heavy atom. The highest BCUT2D eigenvalue weighted by atomic mass is 16.5. The molecule has 140 valence electrons. The molecule has 2 unspecified atom stereocenters. The second-order valence-corrected chi connectivity index (χ2v) is 8.59. The summed E-state index contributed by atoms with van der Waals surface area (Å²) in [7, 11) is 0. The molecule has 0 aromatic heterocycles. The lowest BCUT2D eigenvalue weighted by Crippen LogP contribution is -2.24. The first-order valence-corrected chi connectivity index (χ1v) is 11.0. The van der Waals surface area contributed by atoms with Crippen LogP contribution in [-0.4, -0.2) is 12.7 Å². The van der Waals surface area contributed by atoms with E-state index < -0.39 is 0 Å². The fourth-order valence-corrected chi connectivity index (χ4v) is 4.87. The van der Waals surface area contributed by atoms with Crippen LogP contribution in [0.3, 0.4) is 0 Å². The van der Waals surface area contributed by atoms with Crippen LogP contribution in [0.1, 0.15) is 95.1 Å². The number of hydrogen-bond acceptors (Lipinski definition) is 1. The Hall–Kier alpha value is -0.820. The summed E-state index contributed by atoms with van der Waals surface area (Å²) in [4.78, 5) is 0. The van der Waals surface area contributed by atoms with Crippen molar-refractivity contribution in [2.75, 3.05) is 6.61 Å². The number of aryl methyl sites for hydroxylation is 1. The van der Waals surface area contributed by atoms with Crippen molar-refractivity contribution in [2.45, 2.75) is 96.5 Å². The van der Waals surface area contributed by atoms with Crippen LogP contribution in [0.25, 0.3) is 0 Å². The second-order valence-electron chi connectivity index (χ2n) is 8.59. The molecule has 0 spiro atoms. The van der Waals surface area contributed by atoms with Gasteiger partial charge in [0.2, 0.25) is 0 Å². The van der Waals surface area contributed by atoms with Crippen molar-refractivity contribution in [3.05, 3.63) is 35.4 Å². The van der Waals surface area contributed by atoms with Gasteiger partial charge in [-0.1, -0.05) is 76.6 Å². The molecular formula is C24H38O. The third kappa shape index (κ3) is 5.58. The summed E-state index contributed by atoms with van der Waals surface area (Å²) in [5, 5.41) is 0. The third-order valence-electron chi connectivity index (χ3n) is 6.82. The van der Waals surface area contributed by atoms with Crippen molar-refractivity contribution in [1.82, 2.24) is 0 Å². The molecule has 1 heterocycles. The minimum absolute atomic E-state index is 0.517. The minimum atomic E-state index is 0.517. The standard InChI is InChI=1S/C24H38O/c1-3-5-24-17-16-23(18-25-24)22-14-12-21(13-15-22)11-10-20-8-6-19(4-2)7-9-20/h12-15,19-20,23-24H,3-11,16-18H2,1-2H3. The van der Waals surface area contributed by atoms with Crippen molar-refractivity contribution in [3.8, 4) is 0 Å². The molecule has 1 aromatic carbocycles. The zero-order chi connectivity index (χ0) is 17.5. The van der Waals surface area contributed by atoms with Crippen molar-refractivity contribution >= 4 is 0 Å². The van der Waals surface area contributed by atoms with E-state index in [0.29, 0.717) is 12.0 Å². The van der Waals surface area contributed by atoms with Crippen LogP contribution in [0.5, 0.6) is 0 Å². The summed E-state index contributed by atoms with van der Waals surface area (Å²) in [6.07, 6.45) is 15.4. The fourth-order valence-electron chi connectivity index (χ4n) is 4.87. The Labute approximate surface area is 155 Å². The van der Waals surface area contributed by atoms with Gasteiger partial charge < -0.3 is 4.74 Å². The quantitative estimate of drug-likeness (QED) is 0.523. The molecular weight excluding hydrogens is 304 g/mol. The van der Waals surface area contributed by atoms with Gasteiger partial charge in [0.15, 0.2) is 0 Å². The topological polar surface area (TPSA) is 9.23 Å². The van der Waals surface area contributed by atoms with Crippen LogP contribution < -0.4 is 0 Å². The summed E-state index contributed by atoms with van der Waals surface area (Å²) in [5.74, 6) is 2.61. The molecule has 1 aromatic rings. The average molecular weight is 343 g/mol. The molecule has 2 atom stereocenters. The lowest BCUT2D eigenvalue weighted by atomic mass is 9.78. The van der Waals surface area contributed by atoms with Gasteiger partial charge >= 0.3 is 0 Å². The van der Waals surface area contributed by atoms with Crippen molar-refractivity contribution in [3.63, 3.8) is 0 Å². The molecule has 1 nitrogen and oxygen atoms in total. The predicted molar refractivity (Wildman–Crippen MR) is 107 cm³/mol. The highest BCUT2D eigenvalue weighted by molar-refractivity contribution is 5.26. The Morgan fingerprint density at radius 3 is 2.16 bits per heavy atom. The molecule has 0 N–H and O–H groups in total. The van der Waals surface area contributed by atoms with Crippen LogP contribution in [-0.2, 0) is 11.2 Å². The smallest absolute Gasteiger partial charge is 0.0575 e. The highest BCUT2D eigenvalue weighted by Crippen LogP contribution is 2.33. The average Bonchev–Trinajstić information content (AvgIpc) is 2.68. The van der Waals surface area contributed by atoms with Crippen LogP contribution in [0, 0.1) is 11.8 Å². The van der Waals surface area contributed by atoms with E-state index in [0.717, 1.165) is 18.4 Å². The Morgan fingerprint density at radius 2 is 1.56 bits per heavy atom. The van der Waals surface area contributed by atoms with E-state index in [-0.39, 0.29) is 0 Å². The van der Waals surface area contributed by atoms with Crippen molar-refractivity contribution in [1.29, 1.82) is 0 Å². The lowest BCUT2D eigenvalue weighted by Gasteiger charge is -2.29. The lowest BCUT2D eigenvalue weighted by molar-refractivity contribution is -0.00111. The molecule has 0 radical (unpaired) electrons. The van der Waals surface area contributed by atoms with E-state index in [9.17, 15) is 0 Å². The van der Waals surface area contributed by atoms with Gasteiger partial charge in [0, 0.05) is 5.92 Å². The first-order valence-electron chi connectivity index (χ1n) is 11.0. The fraction of sp³-hybridized carbons (Fsp3) is 0.750. The van der Waals surface area contributed by atoms with E-state index in [4.69, 9.17) is 4.74 Å². The predicted octanol–water partition coefficient (Wildman–Crippen LogP) is 6.90. The minimum Gasteiger partial charge on any atom is -0.378 e. The molecule has 1 heteroatoms. The summed E-state index contributed by atoms with van der Waals surface area (Å²) in [6, 6.07) is 9.51. The Bertz CT molecular complexity index is 475. The van der Waals surface area contributed by atoms with E-state index >= 15 is 0 Å². The summed E-state index contributed by atoms with van der Waals surface area (Å²) in [5.41, 5.74) is 3.02. The molecule has 2 aliphatic rings. The van der Waals surface area contributed by atoms with Crippen LogP contribution in [0.2, 0.25) is 0 Å². The highest BCUT2D eigenvalue weighted by Gasteiger charge is 2.22. The molecule has 1 aliphatic carbocycles. The van der Waals surface area contributed by atoms with Gasteiger partial charge in [0.1, 0.15) is 0 Å². The van der Waals surface area contributed by atoms with Crippen molar-refractivity contribution in [2.24, 2.45) is 11.8 Å². The number of benzene rings is 1. The molecule has 3 rings (SSSR count). The van der Waals surface area contributed by atoms with Gasteiger partial charge in [-0.05, 0) is 55.1 Å². The molecule has 0 amide bonds. The van der Waals surface area contributed by atoms with Crippen LogP contribution in [0.4, 0.5) is 0 Å². The van der Waals surface area contributed by atoms with Crippen LogP contribution in [0.15, 0.2) is 24.3 Å². The molecule has 25 heavy (non-hydrogen) atoms. The van der Waals surface area contributed by atoms with Gasteiger partial charge in [-0.2, -0.15) is 0 Å². The maximum Gasteiger partial charge on any atom is 0.0575 e. The van der Waals surface area contributed by atoms with E-state index in [2.05, 4.69) is 38.1 Å².